The van der Waals surface area contributed by atoms with Gasteiger partial charge < -0.3 is 9.84 Å². The number of benzene rings is 1. The molecule has 1 N–H and O–H groups in total. The molecule has 8 heteroatoms. The molecule has 0 aliphatic carbocycles. The zero-order valence-corrected chi connectivity index (χ0v) is 11.2. The fourth-order valence-electron chi connectivity index (χ4n) is 1.78. The largest absolute Gasteiger partial charge is 0.419 e. The first-order valence-corrected chi connectivity index (χ1v) is 6.22. The molecule has 0 saturated heterocycles. The summed E-state index contributed by atoms with van der Waals surface area (Å²) in [5.74, 6) is -0.290. The molecular formula is C13H13F4N3O. The van der Waals surface area contributed by atoms with Crippen LogP contribution in [0.2, 0.25) is 0 Å². The summed E-state index contributed by atoms with van der Waals surface area (Å²) >= 11 is 0. The minimum absolute atomic E-state index is 0.195. The number of hydrogen-bond acceptors (Lipinski definition) is 4. The molecule has 114 valence electrons. The van der Waals surface area contributed by atoms with E-state index in [1.165, 1.54) is 6.07 Å². The summed E-state index contributed by atoms with van der Waals surface area (Å²) in [6.45, 7) is 2.33. The Hall–Kier alpha value is -1.96. The highest BCUT2D eigenvalue weighted by Crippen LogP contribution is 2.31. The summed E-state index contributed by atoms with van der Waals surface area (Å²) in [6, 6.07) is 2.94. The highest BCUT2D eigenvalue weighted by molar-refractivity contribution is 5.27. The maximum absolute atomic E-state index is 13.1. The van der Waals surface area contributed by atoms with Crippen LogP contribution in [0.4, 0.5) is 17.6 Å². The van der Waals surface area contributed by atoms with Gasteiger partial charge in [-0.2, -0.15) is 18.2 Å². The van der Waals surface area contributed by atoms with Gasteiger partial charge in [-0.3, -0.25) is 0 Å². The highest BCUT2D eigenvalue weighted by atomic mass is 19.4. The van der Waals surface area contributed by atoms with Crippen LogP contribution in [0.3, 0.4) is 0 Å². The number of nitrogens with zero attached hydrogens (tertiary/aromatic N) is 2. The fourth-order valence-corrected chi connectivity index (χ4v) is 1.78. The second kappa shape index (κ2) is 6.21. The Balaban J connectivity index is 1.89. The summed E-state index contributed by atoms with van der Waals surface area (Å²) < 4.78 is 55.6. The van der Waals surface area contributed by atoms with Crippen LogP contribution < -0.4 is 5.32 Å². The standard InChI is InChI=1S/C13H13F4N3O/c1-8-19-12(20-21-8)4-5-18-7-9-2-3-11(14)10(6-9)13(15,16)17/h2-3,6,18H,4-5,7H2,1H3. The van der Waals surface area contributed by atoms with E-state index >= 15 is 0 Å². The summed E-state index contributed by atoms with van der Waals surface area (Å²) in [4.78, 5) is 4.00. The Bertz CT molecular complexity index is 610. The topological polar surface area (TPSA) is 51.0 Å². The van der Waals surface area contributed by atoms with Crippen molar-refractivity contribution >= 4 is 0 Å². The van der Waals surface area contributed by atoms with Gasteiger partial charge >= 0.3 is 6.18 Å². The minimum atomic E-state index is -4.69. The molecule has 1 aromatic heterocycles. The molecule has 21 heavy (non-hydrogen) atoms. The van der Waals surface area contributed by atoms with Crippen LogP contribution in [0.5, 0.6) is 0 Å². The molecule has 0 aliphatic rings. The van der Waals surface area contributed by atoms with E-state index in [1.54, 1.807) is 6.92 Å². The van der Waals surface area contributed by atoms with Crippen LogP contribution in [0.15, 0.2) is 22.7 Å². The lowest BCUT2D eigenvalue weighted by atomic mass is 10.1. The third kappa shape index (κ3) is 4.25. The highest BCUT2D eigenvalue weighted by Gasteiger charge is 2.34. The van der Waals surface area contributed by atoms with E-state index in [1.807, 2.05) is 0 Å². The van der Waals surface area contributed by atoms with E-state index in [9.17, 15) is 17.6 Å². The van der Waals surface area contributed by atoms with Gasteiger partial charge in [-0.1, -0.05) is 11.2 Å². The Morgan fingerprint density at radius 3 is 2.67 bits per heavy atom. The van der Waals surface area contributed by atoms with Gasteiger partial charge in [0.1, 0.15) is 5.82 Å². The first kappa shape index (κ1) is 15.4. The zero-order chi connectivity index (χ0) is 15.5. The van der Waals surface area contributed by atoms with Gasteiger partial charge in [-0.05, 0) is 17.7 Å². The van der Waals surface area contributed by atoms with Crippen molar-refractivity contribution in [3.8, 4) is 0 Å². The van der Waals surface area contributed by atoms with Crippen molar-refractivity contribution in [2.24, 2.45) is 0 Å². The summed E-state index contributed by atoms with van der Waals surface area (Å²) in [5, 5.41) is 6.64. The van der Waals surface area contributed by atoms with E-state index < -0.39 is 17.6 Å². The lowest BCUT2D eigenvalue weighted by Gasteiger charge is -2.10. The Morgan fingerprint density at radius 2 is 2.05 bits per heavy atom. The molecule has 0 bridgehead atoms. The van der Waals surface area contributed by atoms with E-state index in [4.69, 9.17) is 4.52 Å². The van der Waals surface area contributed by atoms with E-state index in [0.29, 0.717) is 30.2 Å². The molecular weight excluding hydrogens is 290 g/mol. The van der Waals surface area contributed by atoms with Crippen molar-refractivity contribution in [1.82, 2.24) is 15.5 Å². The second-order valence-electron chi connectivity index (χ2n) is 4.47. The van der Waals surface area contributed by atoms with E-state index in [-0.39, 0.29) is 6.54 Å². The number of aryl methyl sites for hydroxylation is 1. The first-order valence-electron chi connectivity index (χ1n) is 6.22. The molecule has 1 aromatic carbocycles. The monoisotopic (exact) mass is 303 g/mol. The molecule has 0 aliphatic heterocycles. The maximum Gasteiger partial charge on any atom is 0.419 e. The van der Waals surface area contributed by atoms with Crippen LogP contribution in [0.1, 0.15) is 22.8 Å². The molecule has 0 spiro atoms. The lowest BCUT2D eigenvalue weighted by Crippen LogP contribution is -2.18. The van der Waals surface area contributed by atoms with Crippen molar-refractivity contribution in [2.75, 3.05) is 6.54 Å². The maximum atomic E-state index is 13.1. The van der Waals surface area contributed by atoms with Gasteiger partial charge in [0, 0.05) is 26.4 Å². The Labute approximate surface area is 118 Å². The molecule has 0 radical (unpaired) electrons. The van der Waals surface area contributed by atoms with Gasteiger partial charge in [0.2, 0.25) is 5.89 Å². The van der Waals surface area contributed by atoms with Gasteiger partial charge in [0.15, 0.2) is 5.82 Å². The van der Waals surface area contributed by atoms with E-state index in [2.05, 4.69) is 15.5 Å². The number of alkyl halides is 3. The van der Waals surface area contributed by atoms with Gasteiger partial charge in [-0.15, -0.1) is 0 Å². The molecule has 2 rings (SSSR count). The third-order valence-electron chi connectivity index (χ3n) is 2.76. The van der Waals surface area contributed by atoms with Crippen LogP contribution in [-0.4, -0.2) is 16.7 Å². The third-order valence-corrected chi connectivity index (χ3v) is 2.76. The number of aromatic nitrogens is 2. The van der Waals surface area contributed by atoms with Crippen molar-refractivity contribution < 1.29 is 22.1 Å². The van der Waals surface area contributed by atoms with Crippen molar-refractivity contribution in [3.05, 3.63) is 46.9 Å². The van der Waals surface area contributed by atoms with E-state index in [0.717, 1.165) is 12.1 Å². The number of halogens is 4. The molecule has 0 unspecified atom stereocenters. The fraction of sp³-hybridized carbons (Fsp3) is 0.385. The lowest BCUT2D eigenvalue weighted by molar-refractivity contribution is -0.140. The molecule has 2 aromatic rings. The average Bonchev–Trinajstić information content (AvgIpc) is 2.81. The number of hydrogen-bond donors (Lipinski definition) is 1. The number of nitrogens with one attached hydrogen (secondary N) is 1. The number of rotatable bonds is 5. The quantitative estimate of drug-likeness (QED) is 0.681. The minimum Gasteiger partial charge on any atom is -0.340 e. The van der Waals surface area contributed by atoms with Crippen molar-refractivity contribution in [3.63, 3.8) is 0 Å². The molecule has 4 nitrogen and oxygen atoms in total. The summed E-state index contributed by atoms with van der Waals surface area (Å²) in [6.07, 6.45) is -4.20. The van der Waals surface area contributed by atoms with Gasteiger partial charge in [0.05, 0.1) is 5.56 Å². The second-order valence-corrected chi connectivity index (χ2v) is 4.47. The van der Waals surface area contributed by atoms with Crippen LogP contribution in [-0.2, 0) is 19.1 Å². The molecule has 1 heterocycles. The summed E-state index contributed by atoms with van der Waals surface area (Å²) in [7, 11) is 0. The Morgan fingerprint density at radius 1 is 1.29 bits per heavy atom. The smallest absolute Gasteiger partial charge is 0.340 e. The summed E-state index contributed by atoms with van der Waals surface area (Å²) in [5.41, 5.74) is -0.899. The first-order chi connectivity index (χ1) is 9.86. The van der Waals surface area contributed by atoms with Gasteiger partial charge in [-0.25, -0.2) is 4.39 Å². The van der Waals surface area contributed by atoms with Gasteiger partial charge in [0.25, 0.3) is 0 Å². The van der Waals surface area contributed by atoms with Crippen LogP contribution >= 0.6 is 0 Å². The van der Waals surface area contributed by atoms with Crippen molar-refractivity contribution in [1.29, 1.82) is 0 Å². The average molecular weight is 303 g/mol. The molecule has 0 amide bonds. The SMILES string of the molecule is Cc1nc(CCNCc2ccc(F)c(C(F)(F)F)c2)no1. The normalized spacial score (nSPS) is 11.9. The Kier molecular flexibility index (Phi) is 4.56. The van der Waals surface area contributed by atoms with Crippen LogP contribution in [0, 0.1) is 12.7 Å². The molecule has 0 fully saturated rings. The predicted molar refractivity (Wildman–Crippen MR) is 65.8 cm³/mol. The molecule has 0 saturated carbocycles. The van der Waals surface area contributed by atoms with Crippen LogP contribution in [0.25, 0.3) is 0 Å². The molecule has 0 atom stereocenters. The predicted octanol–water partition coefficient (Wildman–Crippen LogP) is 2.87. The zero-order valence-electron chi connectivity index (χ0n) is 11.2. The van der Waals surface area contributed by atoms with Crippen molar-refractivity contribution in [2.45, 2.75) is 26.1 Å².